The molecule has 48 valence electrons. The molecule has 1 rings (SSSR count). The number of hydrogen-bond donors (Lipinski definition) is 0. The van der Waals surface area contributed by atoms with Gasteiger partial charge in [0, 0.05) is 26.2 Å². The Kier molecular flexibility index (Phi) is 4.39. The van der Waals surface area contributed by atoms with Gasteiger partial charge in [0.2, 0.25) is 0 Å². The molecule has 0 aromatic carbocycles. The predicted octanol–water partition coefficient (Wildman–Crippen LogP) is 2.33. The Morgan fingerprint density at radius 2 is 2.22 bits per heavy atom. The Morgan fingerprint density at radius 3 is 2.44 bits per heavy atom. The summed E-state index contributed by atoms with van der Waals surface area (Å²) < 4.78 is 0. The molecule has 0 saturated carbocycles. The molecule has 1 aliphatic rings. The van der Waals surface area contributed by atoms with Gasteiger partial charge in [-0.3, -0.25) is 6.08 Å². The summed E-state index contributed by atoms with van der Waals surface area (Å²) >= 11 is 0. The number of allylic oxidation sites excluding steroid dienone is 4. The first-order chi connectivity index (χ1) is 3.80. The summed E-state index contributed by atoms with van der Waals surface area (Å²) in [6, 6.07) is 0. The van der Waals surface area contributed by atoms with E-state index in [9.17, 15) is 0 Å². The van der Waals surface area contributed by atoms with Crippen molar-refractivity contribution in [2.45, 2.75) is 20.3 Å². The van der Waals surface area contributed by atoms with Crippen LogP contribution in [0.25, 0.3) is 0 Å². The van der Waals surface area contributed by atoms with Crippen LogP contribution in [0.5, 0.6) is 0 Å². The minimum atomic E-state index is 0. The fraction of sp³-hybridized carbons (Fsp3) is 0.500. The maximum absolute atomic E-state index is 3.26. The first-order valence-corrected chi connectivity index (χ1v) is 3.08. The van der Waals surface area contributed by atoms with Gasteiger partial charge in [-0.25, -0.2) is 11.6 Å². The van der Waals surface area contributed by atoms with E-state index in [1.165, 1.54) is 5.57 Å². The van der Waals surface area contributed by atoms with Crippen molar-refractivity contribution in [3.63, 3.8) is 0 Å². The minimum Gasteiger partial charge on any atom is -0.269 e. The first-order valence-electron chi connectivity index (χ1n) is 3.08. The average Bonchev–Trinajstić information content (AvgIpc) is 2.12. The van der Waals surface area contributed by atoms with Crippen molar-refractivity contribution in [2.75, 3.05) is 0 Å². The maximum Gasteiger partial charge on any atom is 0 e. The summed E-state index contributed by atoms with van der Waals surface area (Å²) in [5.41, 5.74) is 1.37. The van der Waals surface area contributed by atoms with Crippen LogP contribution in [0.1, 0.15) is 20.3 Å². The van der Waals surface area contributed by atoms with Crippen LogP contribution in [0.4, 0.5) is 0 Å². The molecule has 0 aromatic rings. The van der Waals surface area contributed by atoms with Gasteiger partial charge < -0.3 is 0 Å². The maximum atomic E-state index is 3.26. The second-order valence-electron chi connectivity index (χ2n) is 2.39. The van der Waals surface area contributed by atoms with Crippen molar-refractivity contribution < 1.29 is 26.2 Å². The third-order valence-corrected chi connectivity index (χ3v) is 1.34. The predicted molar refractivity (Wildman–Crippen MR) is 35.4 cm³/mol. The Labute approximate surface area is 76.2 Å². The Hall–Kier alpha value is 0.363. The smallest absolute Gasteiger partial charge is 0 e. The summed E-state index contributed by atoms with van der Waals surface area (Å²) in [7, 11) is 0. The molecule has 9 heavy (non-hydrogen) atoms. The van der Waals surface area contributed by atoms with Crippen molar-refractivity contribution in [2.24, 2.45) is 5.92 Å². The molecular formula is C8H11Zr-. The monoisotopic (exact) mass is 197 g/mol. The van der Waals surface area contributed by atoms with Crippen LogP contribution in [0.15, 0.2) is 17.7 Å². The molecule has 0 bridgehead atoms. The average molecular weight is 198 g/mol. The van der Waals surface area contributed by atoms with Crippen LogP contribution < -0.4 is 0 Å². The van der Waals surface area contributed by atoms with Crippen LogP contribution in [0, 0.1) is 12.0 Å². The third kappa shape index (κ3) is 2.62. The molecule has 0 saturated heterocycles. The van der Waals surface area contributed by atoms with Crippen molar-refractivity contribution in [1.29, 1.82) is 0 Å². The van der Waals surface area contributed by atoms with Crippen LogP contribution in [-0.2, 0) is 26.2 Å². The van der Waals surface area contributed by atoms with E-state index in [1.807, 2.05) is 0 Å². The molecule has 1 heteroatoms. The van der Waals surface area contributed by atoms with Gasteiger partial charge in [0.25, 0.3) is 0 Å². The van der Waals surface area contributed by atoms with Crippen molar-refractivity contribution in [3.05, 3.63) is 23.8 Å². The quantitative estimate of drug-likeness (QED) is 0.567. The Balaban J connectivity index is 0.000000640. The van der Waals surface area contributed by atoms with Crippen molar-refractivity contribution in [1.82, 2.24) is 0 Å². The molecule has 0 aromatic heterocycles. The van der Waals surface area contributed by atoms with E-state index < -0.39 is 0 Å². The standard InChI is InChI=1S/C8H11.Zr/c1-7(2)8-5-3-4-6-8;/h3,5,7H,4H2,1-2H3;/q-1;. The van der Waals surface area contributed by atoms with E-state index in [1.54, 1.807) is 0 Å². The molecule has 0 radical (unpaired) electrons. The summed E-state index contributed by atoms with van der Waals surface area (Å²) in [6.45, 7) is 4.38. The first kappa shape index (κ1) is 9.36. The fourth-order valence-electron chi connectivity index (χ4n) is 0.818. The van der Waals surface area contributed by atoms with Gasteiger partial charge in [-0.15, -0.1) is 6.42 Å². The SMILES string of the molecule is CC(C)C1=[C-]CC=C1.[Zr]. The van der Waals surface area contributed by atoms with E-state index in [0.29, 0.717) is 5.92 Å². The Bertz CT molecular complexity index is 132. The van der Waals surface area contributed by atoms with Gasteiger partial charge in [0.05, 0.1) is 0 Å². The molecule has 0 heterocycles. The van der Waals surface area contributed by atoms with Gasteiger partial charge in [-0.1, -0.05) is 19.8 Å². The van der Waals surface area contributed by atoms with Crippen LogP contribution in [-0.4, -0.2) is 0 Å². The fourth-order valence-corrected chi connectivity index (χ4v) is 0.818. The molecule has 0 atom stereocenters. The van der Waals surface area contributed by atoms with Gasteiger partial charge in [-0.05, 0) is 0 Å². The summed E-state index contributed by atoms with van der Waals surface area (Å²) in [6.07, 6.45) is 8.59. The molecule has 0 aliphatic heterocycles. The van der Waals surface area contributed by atoms with E-state index in [2.05, 4.69) is 32.1 Å². The van der Waals surface area contributed by atoms with Crippen molar-refractivity contribution >= 4 is 0 Å². The van der Waals surface area contributed by atoms with Gasteiger partial charge >= 0.3 is 0 Å². The number of hydrogen-bond acceptors (Lipinski definition) is 0. The van der Waals surface area contributed by atoms with E-state index in [-0.39, 0.29) is 26.2 Å². The molecule has 0 amide bonds. The summed E-state index contributed by atoms with van der Waals surface area (Å²) in [4.78, 5) is 0. The molecule has 0 spiro atoms. The molecule has 1 aliphatic carbocycles. The summed E-state index contributed by atoms with van der Waals surface area (Å²) in [5, 5.41) is 0. The Morgan fingerprint density at radius 1 is 1.56 bits per heavy atom. The van der Waals surface area contributed by atoms with Gasteiger partial charge in [0.1, 0.15) is 0 Å². The normalized spacial score (nSPS) is 15.7. The van der Waals surface area contributed by atoms with Crippen LogP contribution in [0.2, 0.25) is 0 Å². The zero-order chi connectivity index (χ0) is 5.98. The van der Waals surface area contributed by atoms with E-state index >= 15 is 0 Å². The van der Waals surface area contributed by atoms with Gasteiger partial charge in [-0.2, -0.15) is 6.08 Å². The zero-order valence-electron chi connectivity index (χ0n) is 5.94. The third-order valence-electron chi connectivity index (χ3n) is 1.34. The van der Waals surface area contributed by atoms with Crippen LogP contribution in [0.3, 0.4) is 0 Å². The zero-order valence-corrected chi connectivity index (χ0v) is 8.40. The van der Waals surface area contributed by atoms with Crippen LogP contribution >= 0.6 is 0 Å². The number of rotatable bonds is 1. The second-order valence-corrected chi connectivity index (χ2v) is 2.39. The largest absolute Gasteiger partial charge is 0.269 e. The molecule has 0 unspecified atom stereocenters. The van der Waals surface area contributed by atoms with E-state index in [0.717, 1.165) is 6.42 Å². The topological polar surface area (TPSA) is 0 Å². The molecule has 0 N–H and O–H groups in total. The molecular weight excluding hydrogens is 187 g/mol. The summed E-state index contributed by atoms with van der Waals surface area (Å²) in [5.74, 6) is 0.661. The molecule has 0 nitrogen and oxygen atoms in total. The minimum absolute atomic E-state index is 0. The molecule has 0 fully saturated rings. The van der Waals surface area contributed by atoms with E-state index in [4.69, 9.17) is 0 Å². The second kappa shape index (κ2) is 4.22. The van der Waals surface area contributed by atoms with Crippen molar-refractivity contribution in [3.8, 4) is 0 Å². The van der Waals surface area contributed by atoms with Gasteiger partial charge in [0.15, 0.2) is 0 Å².